The normalized spacial score (nSPS) is 20.6. The van der Waals surface area contributed by atoms with Crippen LogP contribution in [0.25, 0.3) is 10.9 Å². The molecule has 0 saturated carbocycles. The average Bonchev–Trinajstić information content (AvgIpc) is 2.85. The second kappa shape index (κ2) is 5.25. The Hall–Kier alpha value is -2.04. The summed E-state index contributed by atoms with van der Waals surface area (Å²) in [6.45, 7) is 9.36. The maximum absolute atomic E-state index is 14.1. The Morgan fingerprint density at radius 2 is 2.13 bits per heavy atom. The Morgan fingerprint density at radius 1 is 1.43 bits per heavy atom. The van der Waals surface area contributed by atoms with Crippen molar-refractivity contribution < 1.29 is 13.9 Å². The van der Waals surface area contributed by atoms with Gasteiger partial charge in [0.25, 0.3) is 0 Å². The number of halogens is 1. The highest BCUT2D eigenvalue weighted by Gasteiger charge is 2.30. The largest absolute Gasteiger partial charge is 0.444 e. The van der Waals surface area contributed by atoms with Gasteiger partial charge >= 0.3 is 6.09 Å². The van der Waals surface area contributed by atoms with E-state index in [0.717, 1.165) is 16.5 Å². The molecule has 0 bridgehead atoms. The second-order valence-electron chi connectivity index (χ2n) is 7.33. The van der Waals surface area contributed by atoms with Crippen LogP contribution in [0.1, 0.15) is 44.9 Å². The lowest BCUT2D eigenvalue weighted by Crippen LogP contribution is -2.45. The molecule has 0 fully saturated rings. The van der Waals surface area contributed by atoms with Crippen LogP contribution in [0.4, 0.5) is 9.18 Å². The van der Waals surface area contributed by atoms with Crippen molar-refractivity contribution in [3.8, 4) is 0 Å². The van der Waals surface area contributed by atoms with E-state index in [1.807, 2.05) is 33.0 Å². The molecular weight excluding hydrogens is 295 g/mol. The zero-order valence-electron chi connectivity index (χ0n) is 14.2. The van der Waals surface area contributed by atoms with E-state index in [0.29, 0.717) is 12.0 Å². The van der Waals surface area contributed by atoms with Gasteiger partial charge in [-0.2, -0.15) is 0 Å². The van der Waals surface area contributed by atoms with Crippen LogP contribution in [0.3, 0.4) is 0 Å². The SMILES string of the molecule is Cc1c(F)cc2c3c1ccn3[C@@H](C)[C@@H](NC(=O)OC(C)(C)C)C2. The third kappa shape index (κ3) is 2.80. The van der Waals surface area contributed by atoms with Crippen molar-refractivity contribution in [2.45, 2.75) is 58.7 Å². The molecule has 4 nitrogen and oxygen atoms in total. The molecule has 23 heavy (non-hydrogen) atoms. The summed E-state index contributed by atoms with van der Waals surface area (Å²) in [5.74, 6) is -0.198. The molecule has 0 saturated heterocycles. The Kier molecular flexibility index (Phi) is 3.62. The van der Waals surface area contributed by atoms with Crippen molar-refractivity contribution in [1.82, 2.24) is 9.88 Å². The number of nitrogens with one attached hydrogen (secondary N) is 1. The van der Waals surface area contributed by atoms with E-state index in [9.17, 15) is 9.18 Å². The Balaban J connectivity index is 1.91. The number of benzene rings is 1. The monoisotopic (exact) mass is 318 g/mol. The smallest absolute Gasteiger partial charge is 0.407 e. The number of carbonyl (C=O) groups is 1. The van der Waals surface area contributed by atoms with Gasteiger partial charge < -0.3 is 14.6 Å². The van der Waals surface area contributed by atoms with Gasteiger partial charge in [-0.05, 0) is 64.3 Å². The van der Waals surface area contributed by atoms with Crippen LogP contribution in [0, 0.1) is 12.7 Å². The molecule has 1 aromatic carbocycles. The van der Waals surface area contributed by atoms with Crippen molar-refractivity contribution in [3.05, 3.63) is 35.3 Å². The Labute approximate surface area is 135 Å². The number of amides is 1. The minimum Gasteiger partial charge on any atom is -0.444 e. The molecule has 1 amide bonds. The summed E-state index contributed by atoms with van der Waals surface area (Å²) >= 11 is 0. The number of carbonyl (C=O) groups excluding carboxylic acids is 1. The molecule has 124 valence electrons. The first kappa shape index (κ1) is 15.8. The lowest BCUT2D eigenvalue weighted by atomic mass is 9.93. The number of hydrogen-bond acceptors (Lipinski definition) is 2. The van der Waals surface area contributed by atoms with E-state index < -0.39 is 11.7 Å². The number of aromatic nitrogens is 1. The minimum atomic E-state index is -0.538. The predicted molar refractivity (Wildman–Crippen MR) is 88.2 cm³/mol. The quantitative estimate of drug-likeness (QED) is 0.860. The number of hydrogen-bond donors (Lipinski definition) is 1. The van der Waals surface area contributed by atoms with E-state index in [4.69, 9.17) is 4.74 Å². The van der Waals surface area contributed by atoms with Crippen molar-refractivity contribution in [1.29, 1.82) is 0 Å². The zero-order chi connectivity index (χ0) is 16.9. The maximum Gasteiger partial charge on any atom is 0.407 e. The molecule has 1 aliphatic rings. The Bertz CT molecular complexity index is 773. The van der Waals surface area contributed by atoms with Gasteiger partial charge in [0.15, 0.2) is 0 Å². The lowest BCUT2D eigenvalue weighted by Gasteiger charge is -2.33. The molecule has 2 heterocycles. The fourth-order valence-corrected chi connectivity index (χ4v) is 3.27. The summed E-state index contributed by atoms with van der Waals surface area (Å²) in [7, 11) is 0. The highest BCUT2D eigenvalue weighted by atomic mass is 19.1. The van der Waals surface area contributed by atoms with Gasteiger partial charge in [0.2, 0.25) is 0 Å². The molecule has 0 radical (unpaired) electrons. The summed E-state index contributed by atoms with van der Waals surface area (Å²) in [6, 6.07) is 3.49. The van der Waals surface area contributed by atoms with E-state index in [-0.39, 0.29) is 17.9 Å². The molecule has 2 atom stereocenters. The highest BCUT2D eigenvalue weighted by Crippen LogP contribution is 2.35. The number of nitrogens with zero attached hydrogens (tertiary/aromatic N) is 1. The van der Waals surface area contributed by atoms with Gasteiger partial charge in [0.05, 0.1) is 17.6 Å². The maximum atomic E-state index is 14.1. The van der Waals surface area contributed by atoms with Crippen molar-refractivity contribution >= 4 is 17.0 Å². The number of aryl methyl sites for hydroxylation is 1. The van der Waals surface area contributed by atoms with Crippen molar-refractivity contribution in [2.75, 3.05) is 0 Å². The standard InChI is InChI=1S/C18H23FN2O2/c1-10-13-6-7-21-11(2)15(20-17(22)23-18(3,4)5)9-12(16(13)21)8-14(10)19/h6-8,11,15H,9H2,1-5H3,(H,20,22)/t11-,15-/m0/s1. The third-order valence-corrected chi connectivity index (χ3v) is 4.45. The molecule has 1 aromatic heterocycles. The average molecular weight is 318 g/mol. The second-order valence-corrected chi connectivity index (χ2v) is 7.33. The van der Waals surface area contributed by atoms with Crippen LogP contribution in [-0.2, 0) is 11.2 Å². The molecular formula is C18H23FN2O2. The van der Waals surface area contributed by atoms with Crippen LogP contribution in [0.15, 0.2) is 18.3 Å². The van der Waals surface area contributed by atoms with Crippen LogP contribution in [-0.4, -0.2) is 22.3 Å². The molecule has 3 rings (SSSR count). The molecule has 2 aromatic rings. The molecule has 5 heteroatoms. The molecule has 1 aliphatic heterocycles. The minimum absolute atomic E-state index is 0.0809. The summed E-state index contributed by atoms with van der Waals surface area (Å²) in [5, 5.41) is 3.88. The van der Waals surface area contributed by atoms with Crippen molar-refractivity contribution in [3.63, 3.8) is 0 Å². The fourth-order valence-electron chi connectivity index (χ4n) is 3.27. The first-order chi connectivity index (χ1) is 10.7. The van der Waals surface area contributed by atoms with Crippen LogP contribution in [0.2, 0.25) is 0 Å². The first-order valence-corrected chi connectivity index (χ1v) is 7.95. The van der Waals surface area contributed by atoms with Crippen LogP contribution < -0.4 is 5.32 Å². The summed E-state index contributed by atoms with van der Waals surface area (Å²) in [5.41, 5.74) is 2.13. The fraction of sp³-hybridized carbons (Fsp3) is 0.500. The van der Waals surface area contributed by atoms with Gasteiger partial charge in [-0.1, -0.05) is 0 Å². The van der Waals surface area contributed by atoms with Gasteiger partial charge in [0.1, 0.15) is 11.4 Å². The van der Waals surface area contributed by atoms with Gasteiger partial charge in [-0.25, -0.2) is 9.18 Å². The molecule has 0 spiro atoms. The Morgan fingerprint density at radius 3 is 2.78 bits per heavy atom. The number of rotatable bonds is 1. The van der Waals surface area contributed by atoms with Gasteiger partial charge in [0, 0.05) is 11.6 Å². The zero-order valence-corrected chi connectivity index (χ0v) is 14.2. The van der Waals surface area contributed by atoms with E-state index in [1.54, 1.807) is 13.0 Å². The van der Waals surface area contributed by atoms with E-state index in [2.05, 4.69) is 16.8 Å². The summed E-state index contributed by atoms with van der Waals surface area (Å²) < 4.78 is 21.6. The lowest BCUT2D eigenvalue weighted by molar-refractivity contribution is 0.0488. The molecule has 1 N–H and O–H groups in total. The van der Waals surface area contributed by atoms with E-state index in [1.165, 1.54) is 0 Å². The summed E-state index contributed by atoms with van der Waals surface area (Å²) in [4.78, 5) is 12.1. The number of ether oxygens (including phenoxy) is 1. The highest BCUT2D eigenvalue weighted by molar-refractivity contribution is 5.87. The first-order valence-electron chi connectivity index (χ1n) is 7.95. The van der Waals surface area contributed by atoms with Gasteiger partial charge in [-0.3, -0.25) is 0 Å². The topological polar surface area (TPSA) is 43.3 Å². The predicted octanol–water partition coefficient (Wildman–Crippen LogP) is 4.10. The van der Waals surface area contributed by atoms with Crippen molar-refractivity contribution in [2.24, 2.45) is 0 Å². The molecule has 0 unspecified atom stereocenters. The summed E-state index contributed by atoms with van der Waals surface area (Å²) in [6.07, 6.45) is 2.13. The molecule has 0 aliphatic carbocycles. The van der Waals surface area contributed by atoms with E-state index >= 15 is 0 Å². The third-order valence-electron chi connectivity index (χ3n) is 4.45. The number of alkyl carbamates (subject to hydrolysis) is 1. The van der Waals surface area contributed by atoms with Crippen LogP contribution >= 0.6 is 0 Å². The van der Waals surface area contributed by atoms with Crippen LogP contribution in [0.5, 0.6) is 0 Å². The van der Waals surface area contributed by atoms with Gasteiger partial charge in [-0.15, -0.1) is 0 Å².